The number of aliphatic hydroxyl groups excluding tert-OH is 2. The largest absolute Gasteiger partial charge is 0.488 e. The first-order valence-corrected chi connectivity index (χ1v) is 14.3. The van der Waals surface area contributed by atoms with Crippen LogP contribution >= 0.6 is 0 Å². The van der Waals surface area contributed by atoms with Gasteiger partial charge < -0.3 is 24.4 Å². The summed E-state index contributed by atoms with van der Waals surface area (Å²) in [6, 6.07) is 6.15. The number of carbonyl (C=O) groups is 1. The van der Waals surface area contributed by atoms with Crippen molar-refractivity contribution in [2.24, 2.45) is 23.7 Å². The van der Waals surface area contributed by atoms with Gasteiger partial charge in [0.1, 0.15) is 18.5 Å². The fourth-order valence-electron chi connectivity index (χ4n) is 6.85. The molecule has 6 nitrogen and oxygen atoms in total. The van der Waals surface area contributed by atoms with E-state index in [0.717, 1.165) is 89.2 Å². The van der Waals surface area contributed by atoms with Crippen LogP contribution in [0.2, 0.25) is 0 Å². The molecule has 0 bridgehead atoms. The van der Waals surface area contributed by atoms with Gasteiger partial charge in [-0.3, -0.25) is 4.79 Å². The van der Waals surface area contributed by atoms with Crippen molar-refractivity contribution in [2.75, 3.05) is 13.7 Å². The molecule has 1 unspecified atom stereocenters. The highest BCUT2D eigenvalue weighted by Gasteiger charge is 2.45. The maximum atomic E-state index is 12.8. The third-order valence-electron chi connectivity index (χ3n) is 8.92. The smallest absolute Gasteiger partial charge is 0.309 e. The predicted octanol–water partition coefficient (Wildman–Crippen LogP) is 5.20. The minimum absolute atomic E-state index is 0.0107. The first-order chi connectivity index (χ1) is 17.5. The van der Waals surface area contributed by atoms with Gasteiger partial charge in [-0.15, -0.1) is 0 Å². The Hall–Kier alpha value is -1.63. The van der Waals surface area contributed by atoms with Crippen molar-refractivity contribution in [1.82, 2.24) is 0 Å². The molecule has 0 spiro atoms. The second-order valence-electron chi connectivity index (χ2n) is 11.3. The molecule has 3 aliphatic rings. The number of unbranched alkanes of at least 4 members (excludes halogenated alkanes) is 2. The zero-order valence-corrected chi connectivity index (χ0v) is 22.2. The molecule has 0 aliphatic heterocycles. The van der Waals surface area contributed by atoms with Crippen LogP contribution in [0.1, 0.15) is 88.7 Å². The molecule has 6 heteroatoms. The van der Waals surface area contributed by atoms with Gasteiger partial charge in [-0.1, -0.05) is 44.7 Å². The highest BCUT2D eigenvalue weighted by atomic mass is 16.6. The van der Waals surface area contributed by atoms with Gasteiger partial charge in [-0.25, -0.2) is 0 Å². The van der Waals surface area contributed by atoms with Crippen LogP contribution in [0.3, 0.4) is 0 Å². The van der Waals surface area contributed by atoms with Crippen LogP contribution in [-0.4, -0.2) is 48.4 Å². The van der Waals surface area contributed by atoms with Crippen LogP contribution in [0.4, 0.5) is 0 Å². The third kappa shape index (κ3) is 6.81. The number of hydrogen-bond acceptors (Lipinski definition) is 6. The van der Waals surface area contributed by atoms with E-state index in [1.54, 1.807) is 0 Å². The van der Waals surface area contributed by atoms with Crippen LogP contribution in [-0.2, 0) is 27.1 Å². The summed E-state index contributed by atoms with van der Waals surface area (Å²) in [5.74, 6) is 2.02. The molecule has 0 heterocycles. The lowest BCUT2D eigenvalue weighted by molar-refractivity contribution is -0.154. The second kappa shape index (κ2) is 13.3. The van der Waals surface area contributed by atoms with Crippen LogP contribution < -0.4 is 4.74 Å². The Kier molecular flexibility index (Phi) is 10.1. The maximum absolute atomic E-state index is 12.8. The molecule has 0 aromatic heterocycles. The van der Waals surface area contributed by atoms with Gasteiger partial charge in [0.15, 0.2) is 6.29 Å². The Labute approximate surface area is 216 Å². The van der Waals surface area contributed by atoms with E-state index in [2.05, 4.69) is 13.0 Å². The number of rotatable bonds is 13. The van der Waals surface area contributed by atoms with Crippen molar-refractivity contribution in [3.63, 3.8) is 0 Å². The van der Waals surface area contributed by atoms with Gasteiger partial charge >= 0.3 is 5.97 Å². The fourth-order valence-corrected chi connectivity index (χ4v) is 6.85. The molecule has 36 heavy (non-hydrogen) atoms. The van der Waals surface area contributed by atoms with Crippen LogP contribution in [0.15, 0.2) is 18.2 Å². The lowest BCUT2D eigenvalue weighted by atomic mass is 9.73. The first-order valence-electron chi connectivity index (χ1n) is 14.3. The van der Waals surface area contributed by atoms with Crippen molar-refractivity contribution in [2.45, 2.75) is 109 Å². The predicted molar refractivity (Wildman–Crippen MR) is 139 cm³/mol. The zero-order valence-electron chi connectivity index (χ0n) is 22.2. The van der Waals surface area contributed by atoms with Crippen molar-refractivity contribution >= 4 is 5.97 Å². The van der Waals surface area contributed by atoms with Gasteiger partial charge in [0.05, 0.1) is 12.0 Å². The number of aliphatic hydroxyl groups is 2. The topological polar surface area (TPSA) is 85.2 Å². The average Bonchev–Trinajstić information content (AvgIpc) is 3.52. The van der Waals surface area contributed by atoms with Crippen molar-refractivity contribution in [3.8, 4) is 5.75 Å². The Morgan fingerprint density at radius 3 is 2.69 bits per heavy atom. The molecule has 0 radical (unpaired) electrons. The molecular formula is C30H46O6. The molecule has 2 N–H and O–H groups in total. The highest BCUT2D eigenvalue weighted by Crippen LogP contribution is 2.48. The van der Waals surface area contributed by atoms with Crippen LogP contribution in [0.5, 0.6) is 5.75 Å². The summed E-state index contributed by atoms with van der Waals surface area (Å²) >= 11 is 0. The molecule has 202 valence electrons. The lowest BCUT2D eigenvalue weighted by Gasteiger charge is -2.33. The Bertz CT molecular complexity index is 835. The van der Waals surface area contributed by atoms with Gasteiger partial charge in [0.25, 0.3) is 0 Å². The number of fused-ring (bicyclic) bond motifs is 2. The fraction of sp³-hybridized carbons (Fsp3) is 0.767. The highest BCUT2D eigenvalue weighted by molar-refractivity contribution is 5.72. The minimum Gasteiger partial charge on any atom is -0.488 e. The number of methoxy groups -OCH3 is 1. The van der Waals surface area contributed by atoms with Crippen LogP contribution in [0, 0.1) is 23.7 Å². The number of benzene rings is 1. The summed E-state index contributed by atoms with van der Waals surface area (Å²) in [6.45, 7) is 2.30. The van der Waals surface area contributed by atoms with E-state index in [9.17, 15) is 15.0 Å². The molecule has 1 aromatic carbocycles. The van der Waals surface area contributed by atoms with Crippen molar-refractivity contribution in [3.05, 3.63) is 29.3 Å². The summed E-state index contributed by atoms with van der Waals surface area (Å²) in [6.07, 6.45) is 11.7. The Balaban J connectivity index is 1.38. The van der Waals surface area contributed by atoms with E-state index in [4.69, 9.17) is 14.2 Å². The Morgan fingerprint density at radius 2 is 1.94 bits per heavy atom. The molecule has 2 fully saturated rings. The monoisotopic (exact) mass is 502 g/mol. The molecule has 0 amide bonds. The molecule has 2 saturated carbocycles. The normalized spacial score (nSPS) is 27.3. The summed E-state index contributed by atoms with van der Waals surface area (Å²) in [4.78, 5) is 12.8. The minimum atomic E-state index is -0.942. The summed E-state index contributed by atoms with van der Waals surface area (Å²) < 4.78 is 16.9. The van der Waals surface area contributed by atoms with Gasteiger partial charge in [-0.05, 0) is 92.7 Å². The average molecular weight is 503 g/mol. The van der Waals surface area contributed by atoms with Gasteiger partial charge in [-0.2, -0.15) is 0 Å². The standard InChI is InChI=1S/C30H46O6/c1-3-4-5-12-23(36-30(33)20-9-6-7-10-20)14-15-24-25-16-21-11-8-13-28(35-19-29(32)34-2)26(21)17-22(25)18-27(24)31/h8,11,13,20,22-25,27,29,31-32H,3-7,9-10,12,14-19H2,1-2H3/t22-,23-,24+,25-,27+,29?/m0/s1. The Morgan fingerprint density at radius 1 is 1.14 bits per heavy atom. The molecule has 0 saturated heterocycles. The summed E-state index contributed by atoms with van der Waals surface area (Å²) in [5, 5.41) is 20.8. The molecular weight excluding hydrogens is 456 g/mol. The van der Waals surface area contributed by atoms with Gasteiger partial charge in [0, 0.05) is 7.11 Å². The van der Waals surface area contributed by atoms with E-state index >= 15 is 0 Å². The number of ether oxygens (including phenoxy) is 3. The SMILES string of the molecule is CCCCC[C@@H](CC[C@@H]1[C@H]2Cc3cccc(OCC(O)OC)c3C[C@H]2C[C@H]1O)OC(=O)C1CCCC1. The van der Waals surface area contributed by atoms with E-state index in [0.29, 0.717) is 11.8 Å². The van der Waals surface area contributed by atoms with Crippen LogP contribution in [0.25, 0.3) is 0 Å². The van der Waals surface area contributed by atoms with Gasteiger partial charge in [0.2, 0.25) is 0 Å². The number of carbonyl (C=O) groups excluding carboxylic acids is 1. The second-order valence-corrected chi connectivity index (χ2v) is 11.3. The van der Waals surface area contributed by atoms with E-state index in [1.165, 1.54) is 18.2 Å². The quantitative estimate of drug-likeness (QED) is 0.219. The third-order valence-corrected chi connectivity index (χ3v) is 8.92. The molecule has 3 aliphatic carbocycles. The summed E-state index contributed by atoms with van der Waals surface area (Å²) in [7, 11) is 1.46. The number of esters is 1. The van der Waals surface area contributed by atoms with E-state index in [1.807, 2.05) is 12.1 Å². The van der Waals surface area contributed by atoms with Crippen molar-refractivity contribution in [1.29, 1.82) is 0 Å². The maximum Gasteiger partial charge on any atom is 0.309 e. The molecule has 6 atom stereocenters. The molecule has 1 aromatic rings. The lowest BCUT2D eigenvalue weighted by Crippen LogP contribution is -2.29. The summed E-state index contributed by atoms with van der Waals surface area (Å²) in [5.41, 5.74) is 2.49. The zero-order chi connectivity index (χ0) is 25.5. The van der Waals surface area contributed by atoms with E-state index < -0.39 is 6.29 Å². The molecule has 4 rings (SSSR count). The first kappa shape index (κ1) is 27.4. The van der Waals surface area contributed by atoms with E-state index in [-0.39, 0.29) is 36.6 Å². The number of hydrogen-bond donors (Lipinski definition) is 2. The van der Waals surface area contributed by atoms with Crippen molar-refractivity contribution < 1.29 is 29.2 Å².